The summed E-state index contributed by atoms with van der Waals surface area (Å²) in [7, 11) is 5.62. The first-order valence-electron chi connectivity index (χ1n) is 9.68. The SMILES string of the molecule is CCNC(=NCC1(C(=O)N(C)C)CCCC1)NCCCc1cnn(C)c1.I. The molecule has 7 nitrogen and oxygen atoms in total. The molecule has 1 saturated carbocycles. The number of amides is 1. The predicted molar refractivity (Wildman–Crippen MR) is 121 cm³/mol. The van der Waals surface area contributed by atoms with Gasteiger partial charge in [-0.25, -0.2) is 0 Å². The highest BCUT2D eigenvalue weighted by Gasteiger charge is 2.41. The van der Waals surface area contributed by atoms with Crippen molar-refractivity contribution in [2.45, 2.75) is 45.4 Å². The van der Waals surface area contributed by atoms with Crippen LogP contribution in [0.2, 0.25) is 0 Å². The first-order valence-corrected chi connectivity index (χ1v) is 9.68. The molecule has 8 heteroatoms. The molecule has 1 aliphatic carbocycles. The van der Waals surface area contributed by atoms with Gasteiger partial charge in [0.05, 0.1) is 18.2 Å². The lowest BCUT2D eigenvalue weighted by Gasteiger charge is -2.29. The van der Waals surface area contributed by atoms with E-state index < -0.39 is 0 Å². The number of aryl methyl sites for hydroxylation is 2. The summed E-state index contributed by atoms with van der Waals surface area (Å²) in [6.45, 7) is 4.27. The number of carbonyl (C=O) groups is 1. The first kappa shape index (κ1) is 23.7. The largest absolute Gasteiger partial charge is 0.357 e. The number of nitrogens with zero attached hydrogens (tertiary/aromatic N) is 4. The van der Waals surface area contributed by atoms with Gasteiger partial charge in [-0.05, 0) is 38.2 Å². The van der Waals surface area contributed by atoms with Gasteiger partial charge in [-0.15, -0.1) is 24.0 Å². The van der Waals surface area contributed by atoms with E-state index in [0.717, 1.165) is 57.6 Å². The fraction of sp³-hybridized carbons (Fsp3) is 0.737. The van der Waals surface area contributed by atoms with Gasteiger partial charge in [0.25, 0.3) is 0 Å². The summed E-state index contributed by atoms with van der Waals surface area (Å²) >= 11 is 0. The second-order valence-corrected chi connectivity index (χ2v) is 7.43. The van der Waals surface area contributed by atoms with E-state index in [1.807, 2.05) is 32.0 Å². The van der Waals surface area contributed by atoms with Gasteiger partial charge in [0.1, 0.15) is 0 Å². The van der Waals surface area contributed by atoms with Crippen molar-refractivity contribution in [2.24, 2.45) is 17.5 Å². The fourth-order valence-electron chi connectivity index (χ4n) is 3.64. The van der Waals surface area contributed by atoms with Gasteiger partial charge in [-0.2, -0.15) is 5.10 Å². The molecule has 1 fully saturated rings. The molecule has 0 aliphatic heterocycles. The number of nitrogens with one attached hydrogen (secondary N) is 2. The van der Waals surface area contributed by atoms with Crippen molar-refractivity contribution in [3.8, 4) is 0 Å². The van der Waals surface area contributed by atoms with E-state index in [4.69, 9.17) is 4.99 Å². The molecule has 2 N–H and O–H groups in total. The van der Waals surface area contributed by atoms with E-state index >= 15 is 0 Å². The maximum absolute atomic E-state index is 12.7. The summed E-state index contributed by atoms with van der Waals surface area (Å²) in [5.74, 6) is 1.02. The lowest BCUT2D eigenvalue weighted by atomic mass is 9.85. The molecule has 0 spiro atoms. The molecule has 0 unspecified atom stereocenters. The highest BCUT2D eigenvalue weighted by Crippen LogP contribution is 2.39. The third-order valence-corrected chi connectivity index (χ3v) is 5.00. The molecular weight excluding hydrogens is 455 g/mol. The number of aliphatic imine (C=N–C) groups is 1. The lowest BCUT2D eigenvalue weighted by Crippen LogP contribution is -2.43. The average Bonchev–Trinajstić information content (AvgIpc) is 3.25. The Hall–Kier alpha value is -1.32. The second kappa shape index (κ2) is 11.5. The number of halogens is 1. The lowest BCUT2D eigenvalue weighted by molar-refractivity contribution is -0.138. The standard InChI is InChI=1S/C19H34N6O.HI/c1-5-20-18(21-12-8-9-16-13-23-25(4)14-16)22-15-19(10-6-7-11-19)17(26)24(2)3;/h13-14H,5-12,15H2,1-4H3,(H2,20,21,22);1H. The van der Waals surface area contributed by atoms with Crippen LogP contribution < -0.4 is 10.6 Å². The maximum Gasteiger partial charge on any atom is 0.230 e. The van der Waals surface area contributed by atoms with Crippen LogP contribution in [0, 0.1) is 5.41 Å². The van der Waals surface area contributed by atoms with E-state index in [9.17, 15) is 4.79 Å². The topological polar surface area (TPSA) is 74.6 Å². The Morgan fingerprint density at radius 2 is 2.04 bits per heavy atom. The summed E-state index contributed by atoms with van der Waals surface area (Å²) < 4.78 is 1.83. The van der Waals surface area contributed by atoms with Crippen LogP contribution in [0.5, 0.6) is 0 Å². The summed E-state index contributed by atoms with van der Waals surface area (Å²) in [4.78, 5) is 19.1. The minimum absolute atomic E-state index is 0. The average molecular weight is 490 g/mol. The number of hydrogen-bond donors (Lipinski definition) is 2. The van der Waals surface area contributed by atoms with Crippen molar-refractivity contribution >= 4 is 35.8 Å². The van der Waals surface area contributed by atoms with Gasteiger partial charge < -0.3 is 15.5 Å². The van der Waals surface area contributed by atoms with Crippen molar-refractivity contribution < 1.29 is 4.79 Å². The minimum Gasteiger partial charge on any atom is -0.357 e. The molecule has 0 atom stereocenters. The van der Waals surface area contributed by atoms with Crippen molar-refractivity contribution in [1.82, 2.24) is 25.3 Å². The number of aromatic nitrogens is 2. The van der Waals surface area contributed by atoms with Crippen LogP contribution >= 0.6 is 24.0 Å². The van der Waals surface area contributed by atoms with Gasteiger partial charge in [0, 0.05) is 40.4 Å². The Kier molecular flexibility index (Phi) is 10.1. The Bertz CT molecular complexity index is 607. The molecule has 1 aromatic heterocycles. The minimum atomic E-state index is -0.318. The summed E-state index contributed by atoms with van der Waals surface area (Å²) in [5, 5.41) is 10.9. The Morgan fingerprint density at radius 1 is 1.33 bits per heavy atom. The molecule has 27 heavy (non-hydrogen) atoms. The van der Waals surface area contributed by atoms with Crippen molar-refractivity contribution in [2.75, 3.05) is 33.7 Å². The van der Waals surface area contributed by atoms with Crippen LogP contribution in [0.3, 0.4) is 0 Å². The van der Waals surface area contributed by atoms with Gasteiger partial charge in [0.2, 0.25) is 5.91 Å². The Balaban J connectivity index is 0.00000364. The predicted octanol–water partition coefficient (Wildman–Crippen LogP) is 2.17. The molecule has 1 aliphatic rings. The van der Waals surface area contributed by atoms with Crippen molar-refractivity contribution in [1.29, 1.82) is 0 Å². The van der Waals surface area contributed by atoms with Crippen LogP contribution in [0.4, 0.5) is 0 Å². The van der Waals surface area contributed by atoms with Crippen LogP contribution in [-0.2, 0) is 18.3 Å². The van der Waals surface area contributed by atoms with E-state index in [0.29, 0.717) is 6.54 Å². The van der Waals surface area contributed by atoms with Gasteiger partial charge in [-0.3, -0.25) is 14.5 Å². The molecule has 1 amide bonds. The number of carbonyl (C=O) groups excluding carboxylic acids is 1. The number of guanidine groups is 1. The van der Waals surface area contributed by atoms with Crippen LogP contribution in [0.1, 0.15) is 44.6 Å². The van der Waals surface area contributed by atoms with Crippen LogP contribution in [0.25, 0.3) is 0 Å². The number of rotatable bonds is 8. The van der Waals surface area contributed by atoms with E-state index in [1.165, 1.54) is 5.56 Å². The van der Waals surface area contributed by atoms with Gasteiger partial charge in [-0.1, -0.05) is 12.8 Å². The third kappa shape index (κ3) is 6.97. The molecule has 0 radical (unpaired) electrons. The highest BCUT2D eigenvalue weighted by atomic mass is 127. The molecule has 2 rings (SSSR count). The van der Waals surface area contributed by atoms with Crippen LogP contribution in [-0.4, -0.2) is 60.3 Å². The molecular formula is C19H35IN6O. The van der Waals surface area contributed by atoms with E-state index in [1.54, 1.807) is 4.90 Å². The smallest absolute Gasteiger partial charge is 0.230 e. The Morgan fingerprint density at radius 3 is 2.59 bits per heavy atom. The number of hydrogen-bond acceptors (Lipinski definition) is 3. The third-order valence-electron chi connectivity index (χ3n) is 5.00. The zero-order valence-corrected chi connectivity index (χ0v) is 19.5. The zero-order valence-electron chi connectivity index (χ0n) is 17.1. The maximum atomic E-state index is 12.7. The van der Waals surface area contributed by atoms with Gasteiger partial charge in [0.15, 0.2) is 5.96 Å². The first-order chi connectivity index (χ1) is 12.5. The second-order valence-electron chi connectivity index (χ2n) is 7.43. The molecule has 0 aromatic carbocycles. The summed E-state index contributed by atoms with van der Waals surface area (Å²) in [6, 6.07) is 0. The van der Waals surface area contributed by atoms with Gasteiger partial charge >= 0.3 is 0 Å². The molecule has 0 bridgehead atoms. The van der Waals surface area contributed by atoms with Crippen LogP contribution in [0.15, 0.2) is 17.4 Å². The highest BCUT2D eigenvalue weighted by molar-refractivity contribution is 14.0. The van der Waals surface area contributed by atoms with E-state index in [-0.39, 0.29) is 35.3 Å². The zero-order chi connectivity index (χ0) is 19.0. The van der Waals surface area contributed by atoms with E-state index in [2.05, 4.69) is 28.9 Å². The quantitative estimate of drug-likeness (QED) is 0.254. The summed E-state index contributed by atoms with van der Waals surface area (Å²) in [6.07, 6.45) is 10.1. The van der Waals surface area contributed by atoms with Crippen molar-refractivity contribution in [3.05, 3.63) is 18.0 Å². The molecule has 1 aromatic rings. The molecule has 0 saturated heterocycles. The normalized spacial score (nSPS) is 15.9. The summed E-state index contributed by atoms with van der Waals surface area (Å²) in [5.41, 5.74) is 0.930. The van der Waals surface area contributed by atoms with Crippen molar-refractivity contribution in [3.63, 3.8) is 0 Å². The molecule has 154 valence electrons. The monoisotopic (exact) mass is 490 g/mol. The molecule has 1 heterocycles. The fourth-order valence-corrected chi connectivity index (χ4v) is 3.64. The Labute approximate surface area is 180 Å².